The fourth-order valence-electron chi connectivity index (χ4n) is 2.43. The number of hydrogen-bond acceptors (Lipinski definition) is 4. The summed E-state index contributed by atoms with van der Waals surface area (Å²) in [6.07, 6.45) is 5.57. The molecule has 2 fully saturated rings. The Kier molecular flexibility index (Phi) is 4.89. The fraction of sp³-hybridized carbons (Fsp3) is 1.00. The summed E-state index contributed by atoms with van der Waals surface area (Å²) in [5, 5.41) is 2.27. The Morgan fingerprint density at radius 2 is 2.06 bits per heavy atom. The Labute approximate surface area is 108 Å². The fourth-order valence-corrected chi connectivity index (χ4v) is 5.56. The van der Waals surface area contributed by atoms with Crippen molar-refractivity contribution in [2.75, 3.05) is 5.75 Å². The van der Waals surface area contributed by atoms with Gasteiger partial charge in [0.25, 0.3) is 0 Å². The third-order valence-corrected chi connectivity index (χ3v) is 7.60. The molecule has 1 aliphatic carbocycles. The summed E-state index contributed by atoms with van der Waals surface area (Å²) in [5.41, 5.74) is 3.07. The smallest absolute Gasteiger partial charge is 0.0340 e. The molecule has 0 amide bonds. The number of hydrazine groups is 1. The highest BCUT2D eigenvalue weighted by molar-refractivity contribution is 8.07. The number of thioether (sulfide) groups is 2. The first-order valence-corrected chi connectivity index (χ1v) is 8.43. The predicted octanol–water partition coefficient (Wildman–Crippen LogP) is 2.63. The molecule has 1 saturated carbocycles. The molecule has 16 heavy (non-hydrogen) atoms. The monoisotopic (exact) mass is 260 g/mol. The molecule has 1 heterocycles. The second-order valence-corrected chi connectivity index (χ2v) is 8.26. The molecular formula is C12H24N2S2. The van der Waals surface area contributed by atoms with Crippen LogP contribution in [0.1, 0.15) is 39.5 Å². The van der Waals surface area contributed by atoms with Gasteiger partial charge in [0.05, 0.1) is 0 Å². The van der Waals surface area contributed by atoms with Crippen molar-refractivity contribution in [1.82, 2.24) is 5.43 Å². The Hall–Kier alpha value is 0.620. The first kappa shape index (κ1) is 13.1. The van der Waals surface area contributed by atoms with E-state index in [1.807, 2.05) is 0 Å². The van der Waals surface area contributed by atoms with Gasteiger partial charge in [-0.05, 0) is 12.3 Å². The lowest BCUT2D eigenvalue weighted by Crippen LogP contribution is -2.47. The van der Waals surface area contributed by atoms with Gasteiger partial charge in [0.2, 0.25) is 0 Å². The highest BCUT2D eigenvalue weighted by Gasteiger charge is 2.33. The quantitative estimate of drug-likeness (QED) is 0.602. The van der Waals surface area contributed by atoms with Gasteiger partial charge in [-0.3, -0.25) is 11.3 Å². The van der Waals surface area contributed by atoms with Crippen molar-refractivity contribution < 1.29 is 0 Å². The molecule has 0 spiro atoms. The van der Waals surface area contributed by atoms with E-state index in [9.17, 15) is 0 Å². The van der Waals surface area contributed by atoms with Gasteiger partial charge in [-0.15, -0.1) is 0 Å². The summed E-state index contributed by atoms with van der Waals surface area (Å²) in [7, 11) is 0. The van der Waals surface area contributed by atoms with Gasteiger partial charge in [0, 0.05) is 27.5 Å². The minimum Gasteiger partial charge on any atom is -0.271 e. The highest BCUT2D eigenvalue weighted by Crippen LogP contribution is 2.39. The van der Waals surface area contributed by atoms with Crippen molar-refractivity contribution in [3.05, 3.63) is 0 Å². The molecule has 0 aromatic heterocycles. The molecule has 0 aromatic carbocycles. The van der Waals surface area contributed by atoms with Gasteiger partial charge in [-0.1, -0.05) is 33.1 Å². The van der Waals surface area contributed by atoms with E-state index in [1.54, 1.807) is 0 Å². The van der Waals surface area contributed by atoms with Crippen LogP contribution in [0.5, 0.6) is 0 Å². The molecule has 0 bridgehead atoms. The molecule has 94 valence electrons. The van der Waals surface area contributed by atoms with Crippen LogP contribution in [0.3, 0.4) is 0 Å². The zero-order chi connectivity index (χ0) is 11.5. The van der Waals surface area contributed by atoms with Gasteiger partial charge >= 0.3 is 0 Å². The van der Waals surface area contributed by atoms with Crippen LogP contribution in [0.4, 0.5) is 0 Å². The van der Waals surface area contributed by atoms with E-state index in [-0.39, 0.29) is 0 Å². The molecule has 4 unspecified atom stereocenters. The van der Waals surface area contributed by atoms with E-state index >= 15 is 0 Å². The van der Waals surface area contributed by atoms with Gasteiger partial charge < -0.3 is 0 Å². The maximum absolute atomic E-state index is 5.74. The first-order valence-electron chi connectivity index (χ1n) is 6.44. The summed E-state index contributed by atoms with van der Waals surface area (Å²) >= 11 is 4.25. The minimum atomic E-state index is 0.526. The summed E-state index contributed by atoms with van der Waals surface area (Å²) in [4.78, 5) is 0. The Morgan fingerprint density at radius 1 is 1.31 bits per heavy atom. The molecule has 4 heteroatoms. The second kappa shape index (κ2) is 5.98. The van der Waals surface area contributed by atoms with Crippen LogP contribution in [-0.4, -0.2) is 27.5 Å². The topological polar surface area (TPSA) is 38.0 Å². The van der Waals surface area contributed by atoms with Crippen molar-refractivity contribution >= 4 is 23.5 Å². The van der Waals surface area contributed by atoms with Crippen molar-refractivity contribution in [1.29, 1.82) is 0 Å². The molecule has 1 saturated heterocycles. The normalized spacial score (nSPS) is 38.1. The zero-order valence-corrected chi connectivity index (χ0v) is 11.9. The van der Waals surface area contributed by atoms with Crippen LogP contribution >= 0.6 is 23.5 Å². The Balaban J connectivity index is 1.83. The lowest BCUT2D eigenvalue weighted by atomic mass is 9.80. The molecule has 3 N–H and O–H groups in total. The first-order chi connectivity index (χ1) is 7.70. The molecule has 2 rings (SSSR count). The summed E-state index contributed by atoms with van der Waals surface area (Å²) in [6.45, 7) is 4.70. The van der Waals surface area contributed by atoms with Crippen molar-refractivity contribution in [3.8, 4) is 0 Å². The molecule has 0 radical (unpaired) electrons. The Morgan fingerprint density at radius 3 is 2.56 bits per heavy atom. The van der Waals surface area contributed by atoms with Crippen LogP contribution in [0.2, 0.25) is 0 Å². The standard InChI is InChI=1S/C12H24N2S2/c1-8-9(2)16-12(7-15-8)11(14-13)6-10-4-3-5-10/h8-12,14H,3-7,13H2,1-2H3. The van der Waals surface area contributed by atoms with Crippen molar-refractivity contribution in [2.24, 2.45) is 11.8 Å². The molecule has 2 nitrogen and oxygen atoms in total. The van der Waals surface area contributed by atoms with E-state index in [0.29, 0.717) is 11.3 Å². The number of hydrogen-bond donors (Lipinski definition) is 2. The lowest BCUT2D eigenvalue weighted by Gasteiger charge is -2.38. The third kappa shape index (κ3) is 3.09. The van der Waals surface area contributed by atoms with E-state index in [1.165, 1.54) is 31.4 Å². The Bertz CT molecular complexity index is 219. The van der Waals surface area contributed by atoms with Crippen molar-refractivity contribution in [3.63, 3.8) is 0 Å². The SMILES string of the molecule is CC1SCC(C(CC2CCC2)NN)SC1C. The van der Waals surface area contributed by atoms with Gasteiger partial charge in [0.15, 0.2) is 0 Å². The number of nitrogens with two attached hydrogens (primary N) is 1. The highest BCUT2D eigenvalue weighted by atomic mass is 32.2. The molecule has 0 aromatic rings. The van der Waals surface area contributed by atoms with E-state index < -0.39 is 0 Å². The van der Waals surface area contributed by atoms with Gasteiger partial charge in [-0.2, -0.15) is 23.5 Å². The van der Waals surface area contributed by atoms with Gasteiger partial charge in [0.1, 0.15) is 0 Å². The summed E-state index contributed by atoms with van der Waals surface area (Å²) < 4.78 is 0. The van der Waals surface area contributed by atoms with Crippen LogP contribution in [0, 0.1) is 5.92 Å². The van der Waals surface area contributed by atoms with E-state index in [4.69, 9.17) is 5.84 Å². The maximum Gasteiger partial charge on any atom is 0.0340 e. The van der Waals surface area contributed by atoms with E-state index in [0.717, 1.165) is 16.4 Å². The molecular weight excluding hydrogens is 236 g/mol. The number of nitrogens with one attached hydrogen (secondary N) is 1. The zero-order valence-electron chi connectivity index (χ0n) is 10.3. The average molecular weight is 260 g/mol. The van der Waals surface area contributed by atoms with Crippen LogP contribution in [-0.2, 0) is 0 Å². The van der Waals surface area contributed by atoms with Crippen molar-refractivity contribution in [2.45, 2.75) is 61.3 Å². The molecule has 4 atom stereocenters. The maximum atomic E-state index is 5.74. The number of rotatable bonds is 4. The van der Waals surface area contributed by atoms with Gasteiger partial charge in [-0.25, -0.2) is 0 Å². The average Bonchev–Trinajstić information content (AvgIpc) is 2.21. The lowest BCUT2D eigenvalue weighted by molar-refractivity contribution is 0.260. The second-order valence-electron chi connectivity index (χ2n) is 5.22. The summed E-state index contributed by atoms with van der Waals surface area (Å²) in [6, 6.07) is 0.526. The third-order valence-electron chi connectivity index (χ3n) is 4.05. The molecule has 1 aliphatic heterocycles. The largest absolute Gasteiger partial charge is 0.271 e. The van der Waals surface area contributed by atoms with Crippen LogP contribution in [0.25, 0.3) is 0 Å². The van der Waals surface area contributed by atoms with E-state index in [2.05, 4.69) is 42.8 Å². The van der Waals surface area contributed by atoms with Crippen LogP contribution < -0.4 is 11.3 Å². The predicted molar refractivity (Wildman–Crippen MR) is 75.8 cm³/mol. The molecule has 2 aliphatic rings. The van der Waals surface area contributed by atoms with Crippen LogP contribution in [0.15, 0.2) is 0 Å². The summed E-state index contributed by atoms with van der Waals surface area (Å²) in [5.74, 6) is 7.95. The minimum absolute atomic E-state index is 0.526.